The molecule has 0 spiro atoms. The first-order valence-corrected chi connectivity index (χ1v) is 6.61. The van der Waals surface area contributed by atoms with Crippen molar-refractivity contribution in [3.8, 4) is 5.75 Å². The molecule has 0 atom stereocenters. The van der Waals surface area contributed by atoms with Gasteiger partial charge in [-0.1, -0.05) is 11.8 Å². The highest BCUT2D eigenvalue weighted by atomic mass is 32.2. The SMILES string of the molecule is CNC(=O)c1cc(O)ccc1Sc1ccc(F)cc1N. The fourth-order valence-corrected chi connectivity index (χ4v) is 2.60. The van der Waals surface area contributed by atoms with E-state index in [4.69, 9.17) is 5.73 Å². The molecule has 0 bridgehead atoms. The molecule has 0 saturated carbocycles. The van der Waals surface area contributed by atoms with E-state index >= 15 is 0 Å². The summed E-state index contributed by atoms with van der Waals surface area (Å²) in [6.07, 6.45) is 0. The van der Waals surface area contributed by atoms with Crippen molar-refractivity contribution in [1.82, 2.24) is 5.32 Å². The van der Waals surface area contributed by atoms with Crippen LogP contribution >= 0.6 is 11.8 Å². The summed E-state index contributed by atoms with van der Waals surface area (Å²) in [7, 11) is 1.51. The molecular weight excluding hydrogens is 279 g/mol. The summed E-state index contributed by atoms with van der Waals surface area (Å²) >= 11 is 1.24. The monoisotopic (exact) mass is 292 g/mol. The van der Waals surface area contributed by atoms with Crippen LogP contribution in [0.25, 0.3) is 0 Å². The lowest BCUT2D eigenvalue weighted by atomic mass is 10.2. The van der Waals surface area contributed by atoms with Crippen LogP contribution in [0.4, 0.5) is 10.1 Å². The number of phenols is 1. The first-order valence-electron chi connectivity index (χ1n) is 5.79. The van der Waals surface area contributed by atoms with Crippen molar-refractivity contribution in [2.24, 2.45) is 0 Å². The Bertz CT molecular complexity index is 662. The van der Waals surface area contributed by atoms with Crippen molar-refractivity contribution in [2.75, 3.05) is 12.8 Å². The second-order valence-electron chi connectivity index (χ2n) is 4.04. The van der Waals surface area contributed by atoms with E-state index in [1.165, 1.54) is 43.1 Å². The zero-order chi connectivity index (χ0) is 14.7. The number of nitrogen functional groups attached to an aromatic ring is 1. The summed E-state index contributed by atoms with van der Waals surface area (Å²) in [6.45, 7) is 0. The van der Waals surface area contributed by atoms with Gasteiger partial charge in [-0.05, 0) is 36.4 Å². The number of benzene rings is 2. The Morgan fingerprint density at radius 2 is 1.95 bits per heavy atom. The van der Waals surface area contributed by atoms with Gasteiger partial charge in [-0.2, -0.15) is 0 Å². The molecule has 0 aromatic heterocycles. The van der Waals surface area contributed by atoms with E-state index in [1.807, 2.05) is 0 Å². The number of phenolic OH excluding ortho intramolecular Hbond substituents is 1. The van der Waals surface area contributed by atoms with Crippen LogP contribution in [0, 0.1) is 5.82 Å². The predicted molar refractivity (Wildman–Crippen MR) is 76.4 cm³/mol. The predicted octanol–water partition coefficient (Wildman–Crippen LogP) is 2.62. The minimum Gasteiger partial charge on any atom is -0.508 e. The van der Waals surface area contributed by atoms with E-state index in [2.05, 4.69) is 5.32 Å². The van der Waals surface area contributed by atoms with Gasteiger partial charge >= 0.3 is 0 Å². The third-order valence-electron chi connectivity index (χ3n) is 2.63. The molecule has 6 heteroatoms. The fraction of sp³-hybridized carbons (Fsp3) is 0.0714. The zero-order valence-corrected chi connectivity index (χ0v) is 11.5. The highest BCUT2D eigenvalue weighted by Crippen LogP contribution is 2.35. The first kappa shape index (κ1) is 14.2. The van der Waals surface area contributed by atoms with Crippen LogP contribution in [0.1, 0.15) is 10.4 Å². The van der Waals surface area contributed by atoms with Crippen LogP contribution in [0.5, 0.6) is 5.75 Å². The lowest BCUT2D eigenvalue weighted by Crippen LogP contribution is -2.18. The number of anilines is 1. The molecule has 0 saturated heterocycles. The third-order valence-corrected chi connectivity index (χ3v) is 3.79. The summed E-state index contributed by atoms with van der Waals surface area (Å²) in [4.78, 5) is 13.1. The molecule has 0 unspecified atom stereocenters. The van der Waals surface area contributed by atoms with Gasteiger partial charge in [0.2, 0.25) is 0 Å². The van der Waals surface area contributed by atoms with Gasteiger partial charge in [0.05, 0.1) is 5.56 Å². The van der Waals surface area contributed by atoms with Crippen LogP contribution in [-0.2, 0) is 0 Å². The normalized spacial score (nSPS) is 10.3. The molecule has 0 aliphatic rings. The average molecular weight is 292 g/mol. The van der Waals surface area contributed by atoms with Crippen LogP contribution < -0.4 is 11.1 Å². The largest absolute Gasteiger partial charge is 0.508 e. The highest BCUT2D eigenvalue weighted by Gasteiger charge is 2.13. The topological polar surface area (TPSA) is 75.3 Å². The lowest BCUT2D eigenvalue weighted by Gasteiger charge is -2.10. The highest BCUT2D eigenvalue weighted by molar-refractivity contribution is 7.99. The van der Waals surface area contributed by atoms with Crippen molar-refractivity contribution in [3.05, 3.63) is 47.8 Å². The summed E-state index contributed by atoms with van der Waals surface area (Å²) in [5.74, 6) is -0.729. The number of amides is 1. The van der Waals surface area contributed by atoms with E-state index < -0.39 is 5.82 Å². The number of nitrogens with one attached hydrogen (secondary N) is 1. The molecule has 0 aliphatic carbocycles. The van der Waals surface area contributed by atoms with Gasteiger partial charge in [0.25, 0.3) is 5.91 Å². The maximum Gasteiger partial charge on any atom is 0.252 e. The number of hydrogen-bond donors (Lipinski definition) is 3. The van der Waals surface area contributed by atoms with Gasteiger partial charge in [0.1, 0.15) is 11.6 Å². The minimum atomic E-state index is -0.413. The van der Waals surface area contributed by atoms with E-state index in [-0.39, 0.29) is 11.7 Å². The van der Waals surface area contributed by atoms with Gasteiger partial charge in [0.15, 0.2) is 0 Å². The van der Waals surface area contributed by atoms with Crippen molar-refractivity contribution >= 4 is 23.4 Å². The quantitative estimate of drug-likeness (QED) is 0.760. The molecule has 4 N–H and O–H groups in total. The van der Waals surface area contributed by atoms with Crippen molar-refractivity contribution in [1.29, 1.82) is 0 Å². The number of carbonyl (C=O) groups excluding carboxylic acids is 1. The van der Waals surface area contributed by atoms with Crippen LogP contribution in [0.2, 0.25) is 0 Å². The van der Waals surface area contributed by atoms with E-state index in [0.29, 0.717) is 21.0 Å². The Morgan fingerprint density at radius 3 is 2.60 bits per heavy atom. The van der Waals surface area contributed by atoms with Gasteiger partial charge in [-0.25, -0.2) is 4.39 Å². The number of aromatic hydroxyl groups is 1. The maximum atomic E-state index is 13.0. The molecule has 0 radical (unpaired) electrons. The Labute approximate surface area is 119 Å². The van der Waals surface area contributed by atoms with Gasteiger partial charge < -0.3 is 16.2 Å². The Balaban J connectivity index is 2.40. The molecule has 20 heavy (non-hydrogen) atoms. The second kappa shape index (κ2) is 5.83. The molecule has 4 nitrogen and oxygen atoms in total. The number of carbonyl (C=O) groups is 1. The van der Waals surface area contributed by atoms with E-state index in [9.17, 15) is 14.3 Å². The lowest BCUT2D eigenvalue weighted by molar-refractivity contribution is 0.0960. The smallest absolute Gasteiger partial charge is 0.252 e. The van der Waals surface area contributed by atoms with Crippen molar-refractivity contribution in [3.63, 3.8) is 0 Å². The third kappa shape index (κ3) is 3.03. The fourth-order valence-electron chi connectivity index (χ4n) is 1.65. The van der Waals surface area contributed by atoms with Crippen LogP contribution in [0.3, 0.4) is 0 Å². The van der Waals surface area contributed by atoms with Gasteiger partial charge in [-0.3, -0.25) is 4.79 Å². The molecule has 0 fully saturated rings. The zero-order valence-electron chi connectivity index (χ0n) is 10.7. The van der Waals surface area contributed by atoms with Gasteiger partial charge in [0, 0.05) is 22.5 Å². The summed E-state index contributed by atoms with van der Waals surface area (Å²) in [6, 6.07) is 8.56. The second-order valence-corrected chi connectivity index (χ2v) is 5.13. The van der Waals surface area contributed by atoms with E-state index in [0.717, 1.165) is 0 Å². The van der Waals surface area contributed by atoms with Crippen molar-refractivity contribution in [2.45, 2.75) is 9.79 Å². The minimum absolute atomic E-state index is 0.0000260. The Kier molecular flexibility index (Phi) is 4.14. The number of rotatable bonds is 3. The molecule has 2 aromatic rings. The standard InChI is InChI=1S/C14H13FN2O2S/c1-17-14(19)10-7-9(18)3-5-12(10)20-13-4-2-8(15)6-11(13)16/h2-7,18H,16H2,1H3,(H,17,19). The summed E-state index contributed by atoms with van der Waals surface area (Å²) in [5, 5.41) is 12.0. The summed E-state index contributed by atoms with van der Waals surface area (Å²) in [5.41, 5.74) is 6.38. The molecule has 0 heterocycles. The van der Waals surface area contributed by atoms with Crippen LogP contribution in [0.15, 0.2) is 46.2 Å². The molecule has 2 aromatic carbocycles. The van der Waals surface area contributed by atoms with Crippen molar-refractivity contribution < 1.29 is 14.3 Å². The molecule has 1 amide bonds. The Hall–Kier alpha value is -2.21. The molecule has 2 rings (SSSR count). The maximum absolute atomic E-state index is 13.0. The molecule has 104 valence electrons. The Morgan fingerprint density at radius 1 is 1.25 bits per heavy atom. The number of hydrogen-bond acceptors (Lipinski definition) is 4. The molecular formula is C14H13FN2O2S. The number of nitrogens with two attached hydrogens (primary N) is 1. The van der Waals surface area contributed by atoms with E-state index in [1.54, 1.807) is 12.1 Å². The van der Waals surface area contributed by atoms with Gasteiger partial charge in [-0.15, -0.1) is 0 Å². The number of halogens is 1. The average Bonchev–Trinajstić information content (AvgIpc) is 2.42. The van der Waals surface area contributed by atoms with Crippen LogP contribution in [-0.4, -0.2) is 18.1 Å². The first-order chi connectivity index (χ1) is 9.51. The summed E-state index contributed by atoms with van der Waals surface area (Å²) < 4.78 is 13.0. The molecule has 0 aliphatic heterocycles.